The van der Waals surface area contributed by atoms with Crippen molar-refractivity contribution in [3.63, 3.8) is 0 Å². The molecule has 24 heavy (non-hydrogen) atoms. The second-order valence-electron chi connectivity index (χ2n) is 5.80. The van der Waals surface area contributed by atoms with E-state index in [1.807, 2.05) is 0 Å². The highest BCUT2D eigenvalue weighted by atomic mass is 35.5. The van der Waals surface area contributed by atoms with E-state index in [-0.39, 0.29) is 24.0 Å². The Kier molecular flexibility index (Phi) is 9.11. The Balaban J connectivity index is 0.00000288. The highest BCUT2D eigenvalue weighted by Gasteiger charge is 2.14. The molecule has 1 aliphatic rings. The number of nitro benzene ring substituents is 1. The minimum atomic E-state index is -0.430. The molecule has 1 saturated heterocycles. The van der Waals surface area contributed by atoms with Crippen molar-refractivity contribution in [3.05, 3.63) is 34.4 Å². The van der Waals surface area contributed by atoms with Gasteiger partial charge in [-0.05, 0) is 44.3 Å². The summed E-state index contributed by atoms with van der Waals surface area (Å²) in [5, 5.41) is 20.1. The number of para-hydroxylation sites is 2. The van der Waals surface area contributed by atoms with Crippen molar-refractivity contribution in [1.29, 1.82) is 0 Å². The Morgan fingerprint density at radius 1 is 1.33 bits per heavy atom. The van der Waals surface area contributed by atoms with Gasteiger partial charge in [-0.1, -0.05) is 12.1 Å². The van der Waals surface area contributed by atoms with Crippen LogP contribution in [-0.2, 0) is 4.79 Å². The minimum absolute atomic E-state index is 0. The van der Waals surface area contributed by atoms with Crippen LogP contribution < -0.4 is 16.0 Å². The average molecular weight is 357 g/mol. The summed E-state index contributed by atoms with van der Waals surface area (Å²) in [6.45, 7) is 3.20. The zero-order valence-electron chi connectivity index (χ0n) is 13.6. The summed E-state index contributed by atoms with van der Waals surface area (Å²) in [5.41, 5.74) is 0.469. The van der Waals surface area contributed by atoms with E-state index in [1.165, 1.54) is 18.9 Å². The van der Waals surface area contributed by atoms with E-state index < -0.39 is 4.92 Å². The Hall–Kier alpha value is -1.86. The summed E-state index contributed by atoms with van der Waals surface area (Å²) >= 11 is 0. The molecule has 8 heteroatoms. The smallest absolute Gasteiger partial charge is 0.292 e. The molecular formula is C16H25ClN4O3. The first-order valence-electron chi connectivity index (χ1n) is 8.11. The summed E-state index contributed by atoms with van der Waals surface area (Å²) in [7, 11) is 0. The topological polar surface area (TPSA) is 96.3 Å². The Labute approximate surface area is 148 Å². The maximum Gasteiger partial charge on any atom is 0.292 e. The zero-order valence-corrected chi connectivity index (χ0v) is 14.4. The number of nitrogens with zero attached hydrogens (tertiary/aromatic N) is 1. The van der Waals surface area contributed by atoms with Crippen LogP contribution in [0.25, 0.3) is 0 Å². The first-order chi connectivity index (χ1) is 11.2. The largest absolute Gasteiger partial charge is 0.379 e. The molecule has 0 spiro atoms. The van der Waals surface area contributed by atoms with Gasteiger partial charge < -0.3 is 16.0 Å². The number of piperidine rings is 1. The summed E-state index contributed by atoms with van der Waals surface area (Å²) in [4.78, 5) is 22.3. The van der Waals surface area contributed by atoms with E-state index in [2.05, 4.69) is 16.0 Å². The molecule has 1 heterocycles. The van der Waals surface area contributed by atoms with E-state index in [0.717, 1.165) is 19.5 Å². The van der Waals surface area contributed by atoms with Gasteiger partial charge in [0.2, 0.25) is 5.91 Å². The van der Waals surface area contributed by atoms with Gasteiger partial charge in [-0.2, -0.15) is 0 Å². The molecule has 0 radical (unpaired) electrons. The van der Waals surface area contributed by atoms with Gasteiger partial charge in [0, 0.05) is 25.6 Å². The quantitative estimate of drug-likeness (QED) is 0.490. The number of hydrogen-bond acceptors (Lipinski definition) is 5. The number of carbonyl (C=O) groups excluding carboxylic acids is 1. The van der Waals surface area contributed by atoms with Crippen molar-refractivity contribution in [1.82, 2.24) is 10.6 Å². The number of nitro groups is 1. The van der Waals surface area contributed by atoms with E-state index in [0.29, 0.717) is 31.1 Å². The van der Waals surface area contributed by atoms with Crippen LogP contribution in [0.4, 0.5) is 11.4 Å². The molecule has 1 atom stereocenters. The molecule has 2 rings (SSSR count). The summed E-state index contributed by atoms with van der Waals surface area (Å²) in [6.07, 6.45) is 3.73. The second kappa shape index (κ2) is 10.8. The van der Waals surface area contributed by atoms with E-state index in [9.17, 15) is 14.9 Å². The second-order valence-corrected chi connectivity index (χ2v) is 5.80. The van der Waals surface area contributed by atoms with Crippen LogP contribution in [0, 0.1) is 16.0 Å². The van der Waals surface area contributed by atoms with Crippen LogP contribution >= 0.6 is 12.4 Å². The molecule has 1 amide bonds. The molecule has 7 nitrogen and oxygen atoms in total. The standard InChI is InChI=1S/C16H24N4O3.ClH/c21-16(19-10-7-13-4-3-9-17-12-13)8-11-18-14-5-1-2-6-15(14)20(22)23;/h1-2,5-6,13,17-18H,3-4,7-12H2,(H,19,21);1H. The molecule has 1 aromatic carbocycles. The molecule has 0 bridgehead atoms. The lowest BCUT2D eigenvalue weighted by molar-refractivity contribution is -0.384. The number of benzene rings is 1. The number of amides is 1. The predicted molar refractivity (Wildman–Crippen MR) is 96.7 cm³/mol. The summed E-state index contributed by atoms with van der Waals surface area (Å²) < 4.78 is 0. The average Bonchev–Trinajstić information content (AvgIpc) is 2.56. The third-order valence-corrected chi connectivity index (χ3v) is 4.04. The lowest BCUT2D eigenvalue weighted by atomic mass is 9.96. The lowest BCUT2D eigenvalue weighted by Crippen LogP contribution is -2.33. The van der Waals surface area contributed by atoms with Crippen molar-refractivity contribution in [3.8, 4) is 0 Å². The van der Waals surface area contributed by atoms with Gasteiger partial charge in [0.25, 0.3) is 5.69 Å². The van der Waals surface area contributed by atoms with Gasteiger partial charge in [0.05, 0.1) is 4.92 Å². The van der Waals surface area contributed by atoms with E-state index in [4.69, 9.17) is 0 Å². The number of carbonyl (C=O) groups is 1. The van der Waals surface area contributed by atoms with Crippen LogP contribution in [0.5, 0.6) is 0 Å². The third kappa shape index (κ3) is 6.72. The van der Waals surface area contributed by atoms with Crippen LogP contribution in [0.3, 0.4) is 0 Å². The molecule has 134 valence electrons. The van der Waals surface area contributed by atoms with Gasteiger partial charge in [0.15, 0.2) is 0 Å². The van der Waals surface area contributed by atoms with Crippen molar-refractivity contribution < 1.29 is 9.72 Å². The van der Waals surface area contributed by atoms with Crippen LogP contribution in [-0.4, -0.2) is 37.0 Å². The summed E-state index contributed by atoms with van der Waals surface area (Å²) in [6, 6.07) is 6.44. The molecule has 1 unspecified atom stereocenters. The number of hydrogen-bond donors (Lipinski definition) is 3. The van der Waals surface area contributed by atoms with Crippen molar-refractivity contribution in [2.75, 3.05) is 31.5 Å². The molecule has 0 aliphatic carbocycles. The van der Waals surface area contributed by atoms with Crippen molar-refractivity contribution in [2.45, 2.75) is 25.7 Å². The Bertz CT molecular complexity index is 536. The number of halogens is 1. The molecule has 0 saturated carbocycles. The van der Waals surface area contributed by atoms with E-state index in [1.54, 1.807) is 18.2 Å². The maximum absolute atomic E-state index is 11.8. The SMILES string of the molecule is Cl.O=C(CCNc1ccccc1[N+](=O)[O-])NCCC1CCCNC1. The van der Waals surface area contributed by atoms with Gasteiger partial charge in [-0.3, -0.25) is 14.9 Å². The third-order valence-electron chi connectivity index (χ3n) is 4.04. The van der Waals surface area contributed by atoms with Gasteiger partial charge in [0.1, 0.15) is 5.69 Å². The molecular weight excluding hydrogens is 332 g/mol. The monoisotopic (exact) mass is 356 g/mol. The molecule has 0 aromatic heterocycles. The molecule has 1 fully saturated rings. The highest BCUT2D eigenvalue weighted by Crippen LogP contribution is 2.22. The zero-order chi connectivity index (χ0) is 16.5. The normalized spacial score (nSPS) is 16.8. The Morgan fingerprint density at radius 2 is 2.12 bits per heavy atom. The van der Waals surface area contributed by atoms with Crippen molar-refractivity contribution in [2.24, 2.45) is 5.92 Å². The molecule has 3 N–H and O–H groups in total. The predicted octanol–water partition coefficient (Wildman–Crippen LogP) is 2.32. The lowest BCUT2D eigenvalue weighted by Gasteiger charge is -2.22. The number of anilines is 1. The van der Waals surface area contributed by atoms with E-state index >= 15 is 0 Å². The van der Waals surface area contributed by atoms with Crippen molar-refractivity contribution >= 4 is 29.7 Å². The minimum Gasteiger partial charge on any atom is -0.379 e. The van der Waals surface area contributed by atoms with Crippen LogP contribution in [0.2, 0.25) is 0 Å². The molecule has 1 aromatic rings. The van der Waals surface area contributed by atoms with Gasteiger partial charge >= 0.3 is 0 Å². The fourth-order valence-corrected chi connectivity index (χ4v) is 2.77. The maximum atomic E-state index is 11.8. The van der Waals surface area contributed by atoms with Crippen LogP contribution in [0.15, 0.2) is 24.3 Å². The first-order valence-corrected chi connectivity index (χ1v) is 8.11. The van der Waals surface area contributed by atoms with Gasteiger partial charge in [-0.25, -0.2) is 0 Å². The van der Waals surface area contributed by atoms with Gasteiger partial charge in [-0.15, -0.1) is 12.4 Å². The fraction of sp³-hybridized carbons (Fsp3) is 0.562. The number of rotatable bonds is 8. The Morgan fingerprint density at radius 3 is 2.83 bits per heavy atom. The summed E-state index contributed by atoms with van der Waals surface area (Å²) in [5.74, 6) is 0.619. The molecule has 1 aliphatic heterocycles. The highest BCUT2D eigenvalue weighted by molar-refractivity contribution is 5.85. The number of nitrogens with one attached hydrogen (secondary N) is 3. The van der Waals surface area contributed by atoms with Crippen LogP contribution in [0.1, 0.15) is 25.7 Å². The fourth-order valence-electron chi connectivity index (χ4n) is 2.77. The first kappa shape index (κ1) is 20.2.